The van der Waals surface area contributed by atoms with Gasteiger partial charge in [-0.05, 0) is 36.0 Å². The Morgan fingerprint density at radius 3 is 3.00 bits per heavy atom. The van der Waals surface area contributed by atoms with Gasteiger partial charge in [-0.3, -0.25) is 0 Å². The largest absolute Gasteiger partial charge is 0.327 e. The lowest BCUT2D eigenvalue weighted by atomic mass is 9.88. The topological polar surface area (TPSA) is 26.0 Å². The quantitative estimate of drug-likeness (QED) is 0.692. The highest BCUT2D eigenvalue weighted by atomic mass is 14.6. The van der Waals surface area contributed by atoms with E-state index in [0.717, 1.165) is 19.3 Å². The molecule has 1 nitrogen and oxygen atoms in total. The van der Waals surface area contributed by atoms with Crippen molar-refractivity contribution in [2.75, 3.05) is 0 Å². The van der Waals surface area contributed by atoms with Crippen LogP contribution < -0.4 is 5.73 Å². The van der Waals surface area contributed by atoms with Gasteiger partial charge in [-0.2, -0.15) is 0 Å². The van der Waals surface area contributed by atoms with Gasteiger partial charge in [0.1, 0.15) is 0 Å². The normalized spacial score (nSPS) is 20.8. The molecule has 13 heavy (non-hydrogen) atoms. The summed E-state index contributed by atoms with van der Waals surface area (Å²) in [5.74, 6) is 0. The van der Waals surface area contributed by atoms with Crippen molar-refractivity contribution in [2.24, 2.45) is 5.73 Å². The molecule has 2 N–H and O–H groups in total. The van der Waals surface area contributed by atoms with Crippen LogP contribution in [0.3, 0.4) is 0 Å². The van der Waals surface area contributed by atoms with Crippen LogP contribution in [-0.2, 0) is 12.8 Å². The van der Waals surface area contributed by atoms with Crippen LogP contribution in [-0.4, -0.2) is 6.04 Å². The fraction of sp³-hybridized carbons (Fsp3) is 0.333. The van der Waals surface area contributed by atoms with Crippen LogP contribution in [0.2, 0.25) is 0 Å². The molecule has 0 amide bonds. The van der Waals surface area contributed by atoms with Gasteiger partial charge in [0.2, 0.25) is 0 Å². The summed E-state index contributed by atoms with van der Waals surface area (Å²) in [6, 6.07) is 6.90. The van der Waals surface area contributed by atoms with E-state index >= 15 is 0 Å². The van der Waals surface area contributed by atoms with Crippen molar-refractivity contribution in [3.8, 4) is 0 Å². The Bertz CT molecular complexity index is 328. The molecule has 68 valence electrons. The summed E-state index contributed by atoms with van der Waals surface area (Å²) in [5, 5.41) is 0. The van der Waals surface area contributed by atoms with Crippen molar-refractivity contribution in [3.05, 3.63) is 41.5 Å². The Kier molecular flexibility index (Phi) is 2.19. The van der Waals surface area contributed by atoms with Gasteiger partial charge in [-0.1, -0.05) is 30.9 Å². The highest BCUT2D eigenvalue weighted by molar-refractivity contribution is 5.50. The van der Waals surface area contributed by atoms with Gasteiger partial charge in [0.25, 0.3) is 0 Å². The van der Waals surface area contributed by atoms with Gasteiger partial charge in [0.05, 0.1) is 0 Å². The molecule has 0 fully saturated rings. The molecule has 0 aromatic heterocycles. The predicted octanol–water partition coefficient (Wildman–Crippen LogP) is 2.15. The molecule has 1 heteroatoms. The molecule has 1 atom stereocenters. The van der Waals surface area contributed by atoms with Crippen LogP contribution in [0.25, 0.3) is 6.08 Å². The van der Waals surface area contributed by atoms with Crippen LogP contribution in [0.4, 0.5) is 0 Å². The van der Waals surface area contributed by atoms with Crippen LogP contribution in [0.1, 0.15) is 23.1 Å². The number of hydrogen-bond acceptors (Lipinski definition) is 1. The third kappa shape index (κ3) is 1.65. The van der Waals surface area contributed by atoms with Crippen LogP contribution in [0.15, 0.2) is 24.8 Å². The fourth-order valence-corrected chi connectivity index (χ4v) is 1.93. The number of benzene rings is 1. The molecular formula is C12H15N. The third-order valence-electron chi connectivity index (χ3n) is 2.73. The minimum absolute atomic E-state index is 0.354. The molecule has 0 heterocycles. The van der Waals surface area contributed by atoms with E-state index in [1.165, 1.54) is 16.7 Å². The maximum Gasteiger partial charge on any atom is 0.00825 e. The highest BCUT2D eigenvalue weighted by Crippen LogP contribution is 2.21. The molecule has 0 spiro atoms. The smallest absolute Gasteiger partial charge is 0.00825 e. The second kappa shape index (κ2) is 3.35. The number of nitrogens with two attached hydrogens (primary N) is 1. The summed E-state index contributed by atoms with van der Waals surface area (Å²) in [5.41, 5.74) is 10.00. The molecule has 1 aliphatic rings. The zero-order chi connectivity index (χ0) is 9.26. The average Bonchev–Trinajstić information content (AvgIpc) is 2.16. The van der Waals surface area contributed by atoms with Gasteiger partial charge in [0, 0.05) is 6.04 Å². The third-order valence-corrected chi connectivity index (χ3v) is 2.73. The van der Waals surface area contributed by atoms with E-state index < -0.39 is 0 Å². The first-order valence-corrected chi connectivity index (χ1v) is 4.79. The Hall–Kier alpha value is -1.08. The maximum atomic E-state index is 5.92. The Balaban J connectivity index is 2.38. The molecule has 2 rings (SSSR count). The lowest BCUT2D eigenvalue weighted by molar-refractivity contribution is 0.576. The summed E-state index contributed by atoms with van der Waals surface area (Å²) in [6.07, 6.45) is 5.17. The molecule has 1 aliphatic carbocycles. The van der Waals surface area contributed by atoms with Gasteiger partial charge in [-0.25, -0.2) is 0 Å². The van der Waals surface area contributed by atoms with E-state index in [1.54, 1.807) is 0 Å². The van der Waals surface area contributed by atoms with Gasteiger partial charge >= 0.3 is 0 Å². The van der Waals surface area contributed by atoms with E-state index in [-0.39, 0.29) is 0 Å². The van der Waals surface area contributed by atoms with Crippen LogP contribution in [0.5, 0.6) is 0 Å². The fourth-order valence-electron chi connectivity index (χ4n) is 1.93. The van der Waals surface area contributed by atoms with E-state index in [0.29, 0.717) is 6.04 Å². The molecule has 1 unspecified atom stereocenters. The zero-order valence-electron chi connectivity index (χ0n) is 7.79. The van der Waals surface area contributed by atoms with Gasteiger partial charge < -0.3 is 5.73 Å². The highest BCUT2D eigenvalue weighted by Gasteiger charge is 2.14. The minimum Gasteiger partial charge on any atom is -0.327 e. The lowest BCUT2D eigenvalue weighted by Gasteiger charge is -2.21. The number of hydrogen-bond donors (Lipinski definition) is 1. The van der Waals surface area contributed by atoms with Gasteiger partial charge in [-0.15, -0.1) is 0 Å². The molecule has 0 bridgehead atoms. The Morgan fingerprint density at radius 1 is 1.38 bits per heavy atom. The average molecular weight is 173 g/mol. The molecule has 0 saturated heterocycles. The molecule has 1 aromatic rings. The van der Waals surface area contributed by atoms with Gasteiger partial charge in [0.15, 0.2) is 0 Å². The van der Waals surface area contributed by atoms with Crippen molar-refractivity contribution < 1.29 is 0 Å². The molecule has 0 saturated carbocycles. The first-order valence-electron chi connectivity index (χ1n) is 4.79. The second-order valence-electron chi connectivity index (χ2n) is 3.74. The maximum absolute atomic E-state index is 5.92. The van der Waals surface area contributed by atoms with E-state index in [1.807, 2.05) is 6.08 Å². The van der Waals surface area contributed by atoms with Crippen molar-refractivity contribution in [2.45, 2.75) is 25.3 Å². The SMILES string of the molecule is C=Cc1ccc2c(c1)CC(N)CC2. The van der Waals surface area contributed by atoms with Crippen LogP contribution in [0, 0.1) is 0 Å². The monoisotopic (exact) mass is 173 g/mol. The molecule has 0 radical (unpaired) electrons. The zero-order valence-corrected chi connectivity index (χ0v) is 7.79. The predicted molar refractivity (Wildman–Crippen MR) is 56.5 cm³/mol. The summed E-state index contributed by atoms with van der Waals surface area (Å²) in [4.78, 5) is 0. The van der Waals surface area contributed by atoms with Crippen molar-refractivity contribution in [1.82, 2.24) is 0 Å². The Labute approximate surface area is 79.3 Å². The minimum atomic E-state index is 0.354. The Morgan fingerprint density at radius 2 is 2.23 bits per heavy atom. The summed E-state index contributed by atoms with van der Waals surface area (Å²) >= 11 is 0. The van der Waals surface area contributed by atoms with Crippen LogP contribution >= 0.6 is 0 Å². The first kappa shape index (κ1) is 8.52. The molecule has 1 aromatic carbocycles. The lowest BCUT2D eigenvalue weighted by Crippen LogP contribution is -2.27. The summed E-state index contributed by atoms with van der Waals surface area (Å²) < 4.78 is 0. The van der Waals surface area contributed by atoms with E-state index in [2.05, 4.69) is 24.8 Å². The van der Waals surface area contributed by atoms with Crippen molar-refractivity contribution >= 4 is 6.08 Å². The number of aryl methyl sites for hydroxylation is 1. The summed E-state index contributed by atoms with van der Waals surface area (Å²) in [6.45, 7) is 3.77. The second-order valence-corrected chi connectivity index (χ2v) is 3.74. The number of rotatable bonds is 1. The van der Waals surface area contributed by atoms with E-state index in [9.17, 15) is 0 Å². The number of fused-ring (bicyclic) bond motifs is 1. The standard InChI is InChI=1S/C12H15N/c1-2-9-3-4-10-5-6-12(13)8-11(10)7-9/h2-4,7,12H,1,5-6,8,13H2. The first-order chi connectivity index (χ1) is 6.29. The summed E-state index contributed by atoms with van der Waals surface area (Å²) in [7, 11) is 0. The molecular weight excluding hydrogens is 158 g/mol. The van der Waals surface area contributed by atoms with Crippen molar-refractivity contribution in [3.63, 3.8) is 0 Å². The van der Waals surface area contributed by atoms with E-state index in [4.69, 9.17) is 5.73 Å². The molecule has 0 aliphatic heterocycles. The van der Waals surface area contributed by atoms with Crippen molar-refractivity contribution in [1.29, 1.82) is 0 Å².